The van der Waals surface area contributed by atoms with Crippen LogP contribution in [0.5, 0.6) is 11.5 Å². The van der Waals surface area contributed by atoms with Gasteiger partial charge in [-0.25, -0.2) is 0 Å². The van der Waals surface area contributed by atoms with Crippen LogP contribution in [0.15, 0.2) is 42.5 Å². The van der Waals surface area contributed by atoms with Gasteiger partial charge in [0.2, 0.25) is 0 Å². The number of rotatable bonds is 4. The third kappa shape index (κ3) is 3.88. The molecule has 0 aliphatic carbocycles. The molecule has 0 unspecified atom stereocenters. The second kappa shape index (κ2) is 6.05. The average molecular weight is 298 g/mol. The SMILES string of the molecule is COc1ccc(-c2cccc(CO)c2)cc1OC(F)(F)F. The van der Waals surface area contributed by atoms with Gasteiger partial charge in [-0.05, 0) is 34.9 Å². The van der Waals surface area contributed by atoms with E-state index in [1.165, 1.54) is 19.2 Å². The van der Waals surface area contributed by atoms with E-state index in [9.17, 15) is 13.2 Å². The smallest absolute Gasteiger partial charge is 0.493 e. The molecule has 0 amide bonds. The zero-order chi connectivity index (χ0) is 15.5. The first-order valence-corrected chi connectivity index (χ1v) is 6.07. The van der Waals surface area contributed by atoms with Crippen LogP contribution < -0.4 is 9.47 Å². The lowest BCUT2D eigenvalue weighted by molar-refractivity contribution is -0.275. The fraction of sp³-hybridized carbons (Fsp3) is 0.200. The van der Waals surface area contributed by atoms with E-state index in [1.54, 1.807) is 30.3 Å². The van der Waals surface area contributed by atoms with Crippen LogP contribution in [0.1, 0.15) is 5.56 Å². The molecule has 0 fully saturated rings. The molecule has 0 radical (unpaired) electrons. The lowest BCUT2D eigenvalue weighted by atomic mass is 10.0. The van der Waals surface area contributed by atoms with Gasteiger partial charge >= 0.3 is 6.36 Å². The molecule has 2 aromatic rings. The maximum absolute atomic E-state index is 12.4. The van der Waals surface area contributed by atoms with Crippen LogP contribution in [0.3, 0.4) is 0 Å². The number of aliphatic hydroxyl groups excluding tert-OH is 1. The maximum Gasteiger partial charge on any atom is 0.573 e. The number of halogens is 3. The summed E-state index contributed by atoms with van der Waals surface area (Å²) in [4.78, 5) is 0. The number of hydrogen-bond donors (Lipinski definition) is 1. The topological polar surface area (TPSA) is 38.7 Å². The van der Waals surface area contributed by atoms with Crippen molar-refractivity contribution < 1.29 is 27.8 Å². The van der Waals surface area contributed by atoms with Crippen molar-refractivity contribution in [3.63, 3.8) is 0 Å². The quantitative estimate of drug-likeness (QED) is 0.934. The van der Waals surface area contributed by atoms with E-state index in [0.29, 0.717) is 16.7 Å². The van der Waals surface area contributed by atoms with Crippen molar-refractivity contribution in [2.75, 3.05) is 7.11 Å². The predicted octanol–water partition coefficient (Wildman–Crippen LogP) is 3.75. The molecule has 0 bridgehead atoms. The van der Waals surface area contributed by atoms with Crippen molar-refractivity contribution in [2.45, 2.75) is 13.0 Å². The monoisotopic (exact) mass is 298 g/mol. The summed E-state index contributed by atoms with van der Waals surface area (Å²) >= 11 is 0. The fourth-order valence-corrected chi connectivity index (χ4v) is 1.91. The second-order valence-electron chi connectivity index (χ2n) is 4.27. The molecule has 3 nitrogen and oxygen atoms in total. The summed E-state index contributed by atoms with van der Waals surface area (Å²) in [6, 6.07) is 11.1. The van der Waals surface area contributed by atoms with Gasteiger partial charge in [0.1, 0.15) is 0 Å². The van der Waals surface area contributed by atoms with E-state index in [4.69, 9.17) is 9.84 Å². The summed E-state index contributed by atoms with van der Waals surface area (Å²) in [6.45, 7) is -0.143. The summed E-state index contributed by atoms with van der Waals surface area (Å²) < 4.78 is 46.0. The van der Waals surface area contributed by atoms with E-state index < -0.39 is 12.1 Å². The molecule has 1 N–H and O–H groups in total. The maximum atomic E-state index is 12.4. The van der Waals surface area contributed by atoms with E-state index in [2.05, 4.69) is 4.74 Å². The lowest BCUT2D eigenvalue weighted by Crippen LogP contribution is -2.17. The lowest BCUT2D eigenvalue weighted by Gasteiger charge is -2.14. The molecule has 2 rings (SSSR count). The van der Waals surface area contributed by atoms with Gasteiger partial charge in [0.25, 0.3) is 0 Å². The molecule has 0 saturated heterocycles. The highest BCUT2D eigenvalue weighted by Gasteiger charge is 2.32. The van der Waals surface area contributed by atoms with Gasteiger partial charge in [-0.15, -0.1) is 13.2 Å². The molecular formula is C15H13F3O3. The van der Waals surface area contributed by atoms with Crippen LogP contribution in [0.25, 0.3) is 11.1 Å². The molecule has 0 saturated carbocycles. The minimum Gasteiger partial charge on any atom is -0.493 e. The summed E-state index contributed by atoms with van der Waals surface area (Å²) in [5.41, 5.74) is 1.88. The predicted molar refractivity (Wildman–Crippen MR) is 71.0 cm³/mol. The summed E-state index contributed by atoms with van der Waals surface area (Å²) in [5, 5.41) is 9.11. The Morgan fingerprint density at radius 1 is 1.00 bits per heavy atom. The van der Waals surface area contributed by atoms with Crippen LogP contribution in [-0.2, 0) is 6.61 Å². The molecule has 0 aliphatic heterocycles. The Kier molecular flexibility index (Phi) is 4.37. The fourth-order valence-electron chi connectivity index (χ4n) is 1.91. The van der Waals surface area contributed by atoms with Crippen LogP contribution in [-0.4, -0.2) is 18.6 Å². The zero-order valence-electron chi connectivity index (χ0n) is 11.1. The summed E-state index contributed by atoms with van der Waals surface area (Å²) in [6.07, 6.45) is -4.79. The number of ether oxygens (including phenoxy) is 2. The molecule has 21 heavy (non-hydrogen) atoms. The van der Waals surface area contributed by atoms with Crippen LogP contribution in [0.4, 0.5) is 13.2 Å². The molecule has 6 heteroatoms. The number of aliphatic hydroxyl groups is 1. The van der Waals surface area contributed by atoms with Gasteiger partial charge < -0.3 is 14.6 Å². The summed E-state index contributed by atoms with van der Waals surface area (Å²) in [7, 11) is 1.27. The first kappa shape index (κ1) is 15.2. The number of hydrogen-bond acceptors (Lipinski definition) is 3. The normalized spacial score (nSPS) is 11.3. The molecule has 0 aromatic heterocycles. The van der Waals surface area contributed by atoms with Gasteiger partial charge in [0.05, 0.1) is 13.7 Å². The highest BCUT2D eigenvalue weighted by atomic mass is 19.4. The van der Waals surface area contributed by atoms with Gasteiger partial charge in [-0.3, -0.25) is 0 Å². The Labute approximate surface area is 119 Å². The second-order valence-corrected chi connectivity index (χ2v) is 4.27. The van der Waals surface area contributed by atoms with Crippen molar-refractivity contribution in [2.24, 2.45) is 0 Å². The average Bonchev–Trinajstić information content (AvgIpc) is 2.45. The van der Waals surface area contributed by atoms with E-state index in [0.717, 1.165) is 0 Å². The highest BCUT2D eigenvalue weighted by Crippen LogP contribution is 2.36. The third-order valence-electron chi connectivity index (χ3n) is 2.83. The standard InChI is InChI=1S/C15H13F3O3/c1-20-13-6-5-12(8-14(13)21-15(16,17)18)11-4-2-3-10(7-11)9-19/h2-8,19H,9H2,1H3. The Balaban J connectivity index is 2.43. The van der Waals surface area contributed by atoms with Crippen LogP contribution >= 0.6 is 0 Å². The Hall–Kier alpha value is -2.21. The minimum absolute atomic E-state index is 0.00520. The first-order valence-electron chi connectivity index (χ1n) is 6.07. The summed E-state index contributed by atoms with van der Waals surface area (Å²) in [5.74, 6) is -0.411. The number of methoxy groups -OCH3 is 1. The zero-order valence-corrected chi connectivity index (χ0v) is 11.1. The molecular weight excluding hydrogens is 285 g/mol. The van der Waals surface area contributed by atoms with Crippen molar-refractivity contribution in [3.05, 3.63) is 48.0 Å². The van der Waals surface area contributed by atoms with E-state index in [1.807, 2.05) is 0 Å². The van der Waals surface area contributed by atoms with Crippen LogP contribution in [0.2, 0.25) is 0 Å². The van der Waals surface area contributed by atoms with Crippen molar-refractivity contribution >= 4 is 0 Å². The van der Waals surface area contributed by atoms with Gasteiger partial charge in [0.15, 0.2) is 11.5 Å². The molecule has 0 spiro atoms. The molecule has 0 heterocycles. The largest absolute Gasteiger partial charge is 0.573 e. The molecule has 2 aromatic carbocycles. The Morgan fingerprint density at radius 2 is 1.71 bits per heavy atom. The first-order chi connectivity index (χ1) is 9.93. The molecule has 112 valence electrons. The van der Waals surface area contributed by atoms with E-state index >= 15 is 0 Å². The highest BCUT2D eigenvalue weighted by molar-refractivity contribution is 5.67. The molecule has 0 atom stereocenters. The van der Waals surface area contributed by atoms with Gasteiger partial charge in [0, 0.05) is 0 Å². The third-order valence-corrected chi connectivity index (χ3v) is 2.83. The van der Waals surface area contributed by atoms with Crippen molar-refractivity contribution in [3.8, 4) is 22.6 Å². The van der Waals surface area contributed by atoms with Crippen molar-refractivity contribution in [1.29, 1.82) is 0 Å². The Morgan fingerprint density at radius 3 is 2.33 bits per heavy atom. The molecule has 0 aliphatic rings. The van der Waals surface area contributed by atoms with E-state index in [-0.39, 0.29) is 12.4 Å². The van der Waals surface area contributed by atoms with Gasteiger partial charge in [-0.1, -0.05) is 24.3 Å². The number of alkyl halides is 3. The van der Waals surface area contributed by atoms with Crippen molar-refractivity contribution in [1.82, 2.24) is 0 Å². The minimum atomic E-state index is -4.79. The van der Waals surface area contributed by atoms with Gasteiger partial charge in [-0.2, -0.15) is 0 Å². The number of benzene rings is 2. The van der Waals surface area contributed by atoms with Crippen LogP contribution in [0, 0.1) is 0 Å². The Bertz CT molecular complexity index is 624.